The van der Waals surface area contributed by atoms with Crippen LogP contribution in [-0.2, 0) is 4.79 Å². The summed E-state index contributed by atoms with van der Waals surface area (Å²) in [6.45, 7) is 8.92. The highest BCUT2D eigenvalue weighted by atomic mass is 16.1. The highest BCUT2D eigenvalue weighted by Crippen LogP contribution is 2.14. The second kappa shape index (κ2) is 7.10. The molecule has 18 heavy (non-hydrogen) atoms. The molecule has 4 nitrogen and oxygen atoms in total. The first-order valence-electron chi connectivity index (χ1n) is 7.24. The van der Waals surface area contributed by atoms with Crippen LogP contribution in [-0.4, -0.2) is 42.0 Å². The van der Waals surface area contributed by atoms with Crippen LogP contribution in [0.5, 0.6) is 0 Å². The summed E-state index contributed by atoms with van der Waals surface area (Å²) in [5.74, 6) is -0.252. The molecule has 1 saturated heterocycles. The number of rotatable bonds is 5. The van der Waals surface area contributed by atoms with Gasteiger partial charge in [-0.25, -0.2) is 0 Å². The molecular weight excluding hydrogens is 226 g/mol. The van der Waals surface area contributed by atoms with Gasteiger partial charge < -0.3 is 16.0 Å². The van der Waals surface area contributed by atoms with E-state index in [1.165, 1.54) is 32.1 Å². The van der Waals surface area contributed by atoms with Gasteiger partial charge in [0.25, 0.3) is 0 Å². The van der Waals surface area contributed by atoms with Crippen molar-refractivity contribution in [1.82, 2.24) is 10.2 Å². The van der Waals surface area contributed by atoms with E-state index in [9.17, 15) is 4.79 Å². The van der Waals surface area contributed by atoms with Crippen molar-refractivity contribution in [2.75, 3.05) is 19.6 Å². The topological polar surface area (TPSA) is 58.4 Å². The van der Waals surface area contributed by atoms with Crippen LogP contribution in [0.3, 0.4) is 0 Å². The lowest BCUT2D eigenvalue weighted by molar-refractivity contribution is -0.125. The highest BCUT2D eigenvalue weighted by molar-refractivity contribution is 5.84. The predicted molar refractivity (Wildman–Crippen MR) is 75.4 cm³/mol. The Balaban J connectivity index is 2.60. The normalized spacial score (nSPS) is 22.2. The van der Waals surface area contributed by atoms with Crippen LogP contribution in [0, 0.1) is 0 Å². The third-order valence-corrected chi connectivity index (χ3v) is 3.64. The van der Waals surface area contributed by atoms with Crippen LogP contribution >= 0.6 is 0 Å². The first-order valence-corrected chi connectivity index (χ1v) is 7.24. The lowest BCUT2D eigenvalue weighted by atomic mass is 9.98. The first kappa shape index (κ1) is 15.4. The monoisotopic (exact) mass is 255 g/mol. The molecular formula is C14H29N3O. The molecule has 0 spiro atoms. The number of hydrogen-bond acceptors (Lipinski definition) is 3. The minimum absolute atomic E-state index is 0.252. The van der Waals surface area contributed by atoms with Crippen molar-refractivity contribution in [3.05, 3.63) is 0 Å². The number of primary amides is 1. The summed E-state index contributed by atoms with van der Waals surface area (Å²) >= 11 is 0. The fourth-order valence-electron chi connectivity index (χ4n) is 2.75. The maximum Gasteiger partial charge on any atom is 0.238 e. The van der Waals surface area contributed by atoms with Crippen LogP contribution in [0.2, 0.25) is 0 Å². The molecule has 1 unspecified atom stereocenters. The minimum Gasteiger partial charge on any atom is -0.368 e. The van der Waals surface area contributed by atoms with Gasteiger partial charge in [0.05, 0.1) is 0 Å². The fourth-order valence-corrected chi connectivity index (χ4v) is 2.75. The molecule has 0 saturated carbocycles. The van der Waals surface area contributed by atoms with E-state index in [0.29, 0.717) is 0 Å². The molecule has 1 aliphatic heterocycles. The van der Waals surface area contributed by atoms with Crippen LogP contribution < -0.4 is 11.1 Å². The van der Waals surface area contributed by atoms with Crippen molar-refractivity contribution in [3.8, 4) is 0 Å². The van der Waals surface area contributed by atoms with Gasteiger partial charge in [0.15, 0.2) is 0 Å². The average molecular weight is 255 g/mol. The van der Waals surface area contributed by atoms with Crippen molar-refractivity contribution >= 4 is 5.91 Å². The summed E-state index contributed by atoms with van der Waals surface area (Å²) in [4.78, 5) is 14.1. The zero-order chi connectivity index (χ0) is 13.6. The Morgan fingerprint density at radius 2 is 1.72 bits per heavy atom. The van der Waals surface area contributed by atoms with Gasteiger partial charge in [0.1, 0.15) is 5.54 Å². The van der Waals surface area contributed by atoms with Gasteiger partial charge in [-0.3, -0.25) is 4.79 Å². The second-order valence-corrected chi connectivity index (χ2v) is 6.04. The molecule has 0 radical (unpaired) electrons. The third kappa shape index (κ3) is 4.94. The van der Waals surface area contributed by atoms with E-state index in [-0.39, 0.29) is 11.9 Å². The maximum atomic E-state index is 11.7. The van der Waals surface area contributed by atoms with E-state index < -0.39 is 5.54 Å². The Morgan fingerprint density at radius 1 is 1.22 bits per heavy atom. The predicted octanol–water partition coefficient (Wildman–Crippen LogP) is 1.49. The second-order valence-electron chi connectivity index (χ2n) is 6.04. The van der Waals surface area contributed by atoms with Crippen LogP contribution in [0.25, 0.3) is 0 Å². The molecule has 1 aliphatic rings. The lowest BCUT2D eigenvalue weighted by Crippen LogP contribution is -2.61. The number of likely N-dealkylation sites (tertiary alicyclic amines) is 1. The van der Waals surface area contributed by atoms with E-state index in [4.69, 9.17) is 5.73 Å². The number of amides is 1. The van der Waals surface area contributed by atoms with Crippen molar-refractivity contribution in [2.24, 2.45) is 5.73 Å². The zero-order valence-electron chi connectivity index (χ0n) is 12.2. The lowest BCUT2D eigenvalue weighted by Gasteiger charge is -2.36. The van der Waals surface area contributed by atoms with Crippen LogP contribution in [0.4, 0.5) is 0 Å². The van der Waals surface area contributed by atoms with Gasteiger partial charge in [0.2, 0.25) is 5.91 Å². The summed E-state index contributed by atoms with van der Waals surface area (Å²) in [6, 6.07) is 0.261. The summed E-state index contributed by atoms with van der Waals surface area (Å²) in [5.41, 5.74) is 4.96. The fraction of sp³-hybridized carbons (Fsp3) is 0.929. The van der Waals surface area contributed by atoms with Crippen molar-refractivity contribution in [3.63, 3.8) is 0 Å². The number of hydrogen-bond donors (Lipinski definition) is 2. The van der Waals surface area contributed by atoms with Gasteiger partial charge in [-0.1, -0.05) is 19.3 Å². The van der Waals surface area contributed by atoms with Gasteiger partial charge >= 0.3 is 0 Å². The smallest absolute Gasteiger partial charge is 0.238 e. The summed E-state index contributed by atoms with van der Waals surface area (Å²) in [6.07, 6.45) is 6.43. The molecule has 0 aromatic heterocycles. The van der Waals surface area contributed by atoms with Gasteiger partial charge in [-0.15, -0.1) is 0 Å². The Kier molecular flexibility index (Phi) is 6.09. The average Bonchev–Trinajstić information content (AvgIpc) is 2.20. The molecule has 1 heterocycles. The summed E-state index contributed by atoms with van der Waals surface area (Å²) in [7, 11) is 0. The van der Waals surface area contributed by atoms with E-state index in [1.807, 2.05) is 6.92 Å². The number of nitrogens with two attached hydrogens (primary N) is 1. The van der Waals surface area contributed by atoms with Crippen molar-refractivity contribution in [2.45, 2.75) is 64.5 Å². The van der Waals surface area contributed by atoms with Gasteiger partial charge in [-0.05, 0) is 46.7 Å². The molecule has 0 aliphatic carbocycles. The largest absolute Gasteiger partial charge is 0.368 e. The molecule has 4 heteroatoms. The van der Waals surface area contributed by atoms with Crippen LogP contribution in [0.1, 0.15) is 52.9 Å². The number of carbonyl (C=O) groups excluding carboxylic acids is 1. The zero-order valence-corrected chi connectivity index (χ0v) is 12.2. The minimum atomic E-state index is -0.618. The molecule has 3 N–H and O–H groups in total. The molecule has 106 valence electrons. The SMILES string of the molecule is CC(C)NC(C)(CN1CCCCCCC1)C(N)=O. The third-order valence-electron chi connectivity index (χ3n) is 3.64. The highest BCUT2D eigenvalue weighted by Gasteiger charge is 2.33. The summed E-state index contributed by atoms with van der Waals surface area (Å²) in [5, 5.41) is 3.32. The molecule has 1 amide bonds. The maximum absolute atomic E-state index is 11.7. The Bertz CT molecular complexity index is 260. The number of carbonyl (C=O) groups is 1. The standard InChI is InChI=1S/C14H29N3O/c1-12(2)16-14(3,13(15)18)11-17-9-7-5-4-6-8-10-17/h12,16H,4-11H2,1-3H3,(H2,15,18). The number of nitrogens with one attached hydrogen (secondary N) is 1. The number of nitrogens with zero attached hydrogens (tertiary/aromatic N) is 1. The Morgan fingerprint density at radius 3 is 2.17 bits per heavy atom. The van der Waals surface area contributed by atoms with E-state index >= 15 is 0 Å². The van der Waals surface area contributed by atoms with Gasteiger partial charge in [0, 0.05) is 12.6 Å². The molecule has 1 fully saturated rings. The van der Waals surface area contributed by atoms with E-state index in [0.717, 1.165) is 19.6 Å². The Hall–Kier alpha value is -0.610. The molecule has 0 bridgehead atoms. The Labute approximate surface area is 111 Å². The van der Waals surface area contributed by atoms with Gasteiger partial charge in [-0.2, -0.15) is 0 Å². The van der Waals surface area contributed by atoms with Crippen LogP contribution in [0.15, 0.2) is 0 Å². The summed E-state index contributed by atoms with van der Waals surface area (Å²) < 4.78 is 0. The molecule has 1 atom stereocenters. The van der Waals surface area contributed by atoms with E-state index in [2.05, 4.69) is 24.1 Å². The van der Waals surface area contributed by atoms with E-state index in [1.54, 1.807) is 0 Å². The quantitative estimate of drug-likeness (QED) is 0.782. The first-order chi connectivity index (χ1) is 8.44. The molecule has 0 aromatic carbocycles. The van der Waals surface area contributed by atoms with Crippen molar-refractivity contribution < 1.29 is 4.79 Å². The van der Waals surface area contributed by atoms with Crippen molar-refractivity contribution in [1.29, 1.82) is 0 Å². The molecule has 1 rings (SSSR count). The molecule has 0 aromatic rings.